The van der Waals surface area contributed by atoms with Crippen LogP contribution in [0, 0.1) is 0 Å². The molecule has 86 valence electrons. The number of hydrogen-bond acceptors (Lipinski definition) is 4. The first-order valence-electron chi connectivity index (χ1n) is 5.01. The van der Waals surface area contributed by atoms with E-state index in [0.29, 0.717) is 6.61 Å². The van der Waals surface area contributed by atoms with E-state index in [2.05, 4.69) is 5.32 Å². The van der Waals surface area contributed by atoms with Gasteiger partial charge < -0.3 is 21.5 Å². The summed E-state index contributed by atoms with van der Waals surface area (Å²) in [6.45, 7) is 1.24. The van der Waals surface area contributed by atoms with Crippen LogP contribution in [-0.4, -0.2) is 37.1 Å². The molecule has 2 amide bonds. The van der Waals surface area contributed by atoms with Crippen LogP contribution in [0.4, 0.5) is 0 Å². The summed E-state index contributed by atoms with van der Waals surface area (Å²) in [7, 11) is 0. The summed E-state index contributed by atoms with van der Waals surface area (Å²) < 4.78 is 5.20. The van der Waals surface area contributed by atoms with Gasteiger partial charge in [0, 0.05) is 6.61 Å². The number of hydrogen-bond donors (Lipinski definition) is 3. The molecule has 1 saturated heterocycles. The largest absolute Gasteiger partial charge is 0.379 e. The number of primary amides is 1. The fourth-order valence-corrected chi connectivity index (χ4v) is 1.47. The molecule has 5 N–H and O–H groups in total. The van der Waals surface area contributed by atoms with Crippen LogP contribution < -0.4 is 16.8 Å². The van der Waals surface area contributed by atoms with E-state index in [1.54, 1.807) is 0 Å². The number of rotatable bonds is 4. The third-order valence-electron chi connectivity index (χ3n) is 2.26. The van der Waals surface area contributed by atoms with Gasteiger partial charge in [-0.2, -0.15) is 0 Å². The van der Waals surface area contributed by atoms with Gasteiger partial charge in [0.05, 0.1) is 25.1 Å². The van der Waals surface area contributed by atoms with Crippen molar-refractivity contribution in [1.82, 2.24) is 5.32 Å². The first-order valence-corrected chi connectivity index (χ1v) is 5.01. The molecule has 0 radical (unpaired) electrons. The lowest BCUT2D eigenvalue weighted by molar-refractivity contribution is -0.127. The summed E-state index contributed by atoms with van der Waals surface area (Å²) in [6.07, 6.45) is 1.68. The van der Waals surface area contributed by atoms with E-state index in [1.165, 1.54) is 0 Å². The highest BCUT2D eigenvalue weighted by Gasteiger charge is 2.21. The molecule has 0 bridgehead atoms. The zero-order chi connectivity index (χ0) is 11.3. The molecule has 2 atom stereocenters. The van der Waals surface area contributed by atoms with Crippen molar-refractivity contribution in [2.75, 3.05) is 13.2 Å². The first-order chi connectivity index (χ1) is 7.09. The van der Waals surface area contributed by atoms with E-state index in [1.807, 2.05) is 0 Å². The standard InChI is InChI=1S/C9H17N3O3/c10-7(4-8(11)13)9(14)12-6-2-1-3-15-5-6/h6-7H,1-5,10H2,(H2,11,13)(H,12,14). The lowest BCUT2D eigenvalue weighted by Gasteiger charge is -2.24. The van der Waals surface area contributed by atoms with Crippen LogP contribution in [-0.2, 0) is 14.3 Å². The SMILES string of the molecule is NC(=O)CC(N)C(=O)NC1CCCOC1. The maximum atomic E-state index is 11.4. The zero-order valence-electron chi connectivity index (χ0n) is 8.57. The maximum absolute atomic E-state index is 11.4. The fraction of sp³-hybridized carbons (Fsp3) is 0.778. The normalized spacial score (nSPS) is 23.1. The maximum Gasteiger partial charge on any atom is 0.237 e. The number of carbonyl (C=O) groups is 2. The molecule has 1 aliphatic heterocycles. The summed E-state index contributed by atoms with van der Waals surface area (Å²) in [5.74, 6) is -0.915. The van der Waals surface area contributed by atoms with Crippen LogP contribution >= 0.6 is 0 Å². The third kappa shape index (κ3) is 4.26. The van der Waals surface area contributed by atoms with Gasteiger partial charge in [0.15, 0.2) is 0 Å². The molecule has 0 aromatic heterocycles. The highest BCUT2D eigenvalue weighted by molar-refractivity contribution is 5.87. The highest BCUT2D eigenvalue weighted by Crippen LogP contribution is 2.05. The quantitative estimate of drug-likeness (QED) is 0.529. The second-order valence-corrected chi connectivity index (χ2v) is 3.70. The van der Waals surface area contributed by atoms with E-state index in [0.717, 1.165) is 19.4 Å². The average Bonchev–Trinajstić information content (AvgIpc) is 2.18. The van der Waals surface area contributed by atoms with Crippen LogP contribution in [0.2, 0.25) is 0 Å². The van der Waals surface area contributed by atoms with Crippen LogP contribution in [0.1, 0.15) is 19.3 Å². The molecule has 0 aliphatic carbocycles. The second kappa shape index (κ2) is 5.67. The van der Waals surface area contributed by atoms with E-state index < -0.39 is 11.9 Å². The average molecular weight is 215 g/mol. The molecule has 6 heteroatoms. The van der Waals surface area contributed by atoms with Gasteiger partial charge in [0.2, 0.25) is 11.8 Å². The fourth-order valence-electron chi connectivity index (χ4n) is 1.47. The van der Waals surface area contributed by atoms with Crippen molar-refractivity contribution >= 4 is 11.8 Å². The van der Waals surface area contributed by atoms with Crippen molar-refractivity contribution in [2.45, 2.75) is 31.3 Å². The van der Waals surface area contributed by atoms with Crippen LogP contribution in [0.5, 0.6) is 0 Å². The molecule has 1 heterocycles. The summed E-state index contributed by atoms with van der Waals surface area (Å²) in [6, 6.07) is -0.852. The summed E-state index contributed by atoms with van der Waals surface area (Å²) in [5, 5.41) is 2.73. The van der Waals surface area contributed by atoms with Crippen molar-refractivity contribution in [1.29, 1.82) is 0 Å². The number of carbonyl (C=O) groups excluding carboxylic acids is 2. The molecule has 0 saturated carbocycles. The Morgan fingerprint density at radius 1 is 1.53 bits per heavy atom. The minimum absolute atomic E-state index is 0.00479. The van der Waals surface area contributed by atoms with Gasteiger partial charge in [0.25, 0.3) is 0 Å². The Morgan fingerprint density at radius 2 is 2.27 bits per heavy atom. The van der Waals surface area contributed by atoms with Gasteiger partial charge in [-0.05, 0) is 12.8 Å². The van der Waals surface area contributed by atoms with Gasteiger partial charge >= 0.3 is 0 Å². The van der Waals surface area contributed by atoms with Crippen molar-refractivity contribution in [3.05, 3.63) is 0 Å². The molecule has 0 aromatic carbocycles. The van der Waals surface area contributed by atoms with Gasteiger partial charge in [-0.25, -0.2) is 0 Å². The summed E-state index contributed by atoms with van der Waals surface area (Å²) in [4.78, 5) is 22.0. The Morgan fingerprint density at radius 3 is 2.80 bits per heavy atom. The van der Waals surface area contributed by atoms with E-state index in [4.69, 9.17) is 16.2 Å². The Labute approximate surface area is 88.3 Å². The smallest absolute Gasteiger partial charge is 0.237 e. The molecule has 1 aliphatic rings. The zero-order valence-corrected chi connectivity index (χ0v) is 8.57. The van der Waals surface area contributed by atoms with Crippen molar-refractivity contribution in [3.63, 3.8) is 0 Å². The Balaban J connectivity index is 2.30. The molecule has 2 unspecified atom stereocenters. The van der Waals surface area contributed by atoms with Crippen molar-refractivity contribution in [2.24, 2.45) is 11.5 Å². The van der Waals surface area contributed by atoms with E-state index >= 15 is 0 Å². The molecule has 15 heavy (non-hydrogen) atoms. The number of amides is 2. The summed E-state index contributed by atoms with van der Waals surface area (Å²) >= 11 is 0. The van der Waals surface area contributed by atoms with Gasteiger partial charge in [-0.1, -0.05) is 0 Å². The Hall–Kier alpha value is -1.14. The van der Waals surface area contributed by atoms with Crippen molar-refractivity contribution in [3.8, 4) is 0 Å². The van der Waals surface area contributed by atoms with Crippen LogP contribution in [0.3, 0.4) is 0 Å². The summed E-state index contributed by atoms with van der Waals surface area (Å²) in [5.41, 5.74) is 10.4. The first kappa shape index (κ1) is 11.9. The van der Waals surface area contributed by atoms with Crippen molar-refractivity contribution < 1.29 is 14.3 Å². The molecule has 6 nitrogen and oxygen atoms in total. The lowest BCUT2D eigenvalue weighted by Crippen LogP contribution is -2.49. The second-order valence-electron chi connectivity index (χ2n) is 3.70. The third-order valence-corrected chi connectivity index (χ3v) is 2.26. The van der Waals surface area contributed by atoms with Crippen LogP contribution in [0.15, 0.2) is 0 Å². The monoisotopic (exact) mass is 215 g/mol. The minimum Gasteiger partial charge on any atom is -0.379 e. The number of nitrogens with two attached hydrogens (primary N) is 2. The van der Waals surface area contributed by atoms with E-state index in [-0.39, 0.29) is 18.4 Å². The Bertz CT molecular complexity index is 239. The molecule has 0 aromatic rings. The Kier molecular flexibility index (Phi) is 4.51. The topological polar surface area (TPSA) is 107 Å². The van der Waals surface area contributed by atoms with Gasteiger partial charge in [-0.15, -0.1) is 0 Å². The predicted molar refractivity (Wildman–Crippen MR) is 53.8 cm³/mol. The van der Waals surface area contributed by atoms with E-state index in [9.17, 15) is 9.59 Å². The minimum atomic E-state index is -0.857. The molecule has 0 spiro atoms. The lowest BCUT2D eigenvalue weighted by atomic mass is 10.1. The number of nitrogens with one attached hydrogen (secondary N) is 1. The predicted octanol–water partition coefficient (Wildman–Crippen LogP) is -1.52. The molecular weight excluding hydrogens is 198 g/mol. The molecule has 1 fully saturated rings. The highest BCUT2D eigenvalue weighted by atomic mass is 16.5. The molecular formula is C9H17N3O3. The van der Waals surface area contributed by atoms with Gasteiger partial charge in [-0.3, -0.25) is 9.59 Å². The number of ether oxygens (including phenoxy) is 1. The van der Waals surface area contributed by atoms with Crippen LogP contribution in [0.25, 0.3) is 0 Å². The van der Waals surface area contributed by atoms with Gasteiger partial charge in [0.1, 0.15) is 0 Å². The molecule has 1 rings (SSSR count).